The molecular weight excluding hydrogens is 349 g/mol. The number of anilines is 1. The zero-order valence-corrected chi connectivity index (χ0v) is 13.8. The zero-order valence-electron chi connectivity index (χ0n) is 12.2. The molecule has 1 N–H and O–H groups in total. The van der Waals surface area contributed by atoms with Gasteiger partial charge in [0, 0.05) is 10.0 Å². The topological polar surface area (TPSA) is 38.3 Å². The quantitative estimate of drug-likeness (QED) is 0.729. The van der Waals surface area contributed by atoms with Crippen LogP contribution in [0.3, 0.4) is 0 Å². The minimum absolute atomic E-state index is 0.150. The molecule has 1 amide bonds. The van der Waals surface area contributed by atoms with Crippen LogP contribution in [0.1, 0.15) is 30.1 Å². The minimum Gasteiger partial charge on any atom is -0.494 e. The summed E-state index contributed by atoms with van der Waals surface area (Å²) in [5.74, 6) is -0.122. The summed E-state index contributed by atoms with van der Waals surface area (Å²) in [6.45, 7) is 2.75. The molecule has 0 fully saturated rings. The average Bonchev–Trinajstić information content (AvgIpc) is 2.51. The van der Waals surface area contributed by atoms with Crippen molar-refractivity contribution in [2.24, 2.45) is 0 Å². The maximum Gasteiger partial charge on any atom is 0.255 e. The largest absolute Gasteiger partial charge is 0.494 e. The smallest absolute Gasteiger partial charge is 0.255 e. The number of hydrogen-bond acceptors (Lipinski definition) is 2. The van der Waals surface area contributed by atoms with Gasteiger partial charge in [0.15, 0.2) is 0 Å². The number of benzene rings is 2. The summed E-state index contributed by atoms with van der Waals surface area (Å²) in [6, 6.07) is 11.3. The number of carbonyl (C=O) groups excluding carboxylic acids is 1. The first-order chi connectivity index (χ1) is 10.6. The molecule has 3 nitrogen and oxygen atoms in total. The van der Waals surface area contributed by atoms with Gasteiger partial charge >= 0.3 is 0 Å². The van der Waals surface area contributed by atoms with Crippen LogP contribution in [-0.4, -0.2) is 12.5 Å². The molecule has 2 aromatic rings. The Morgan fingerprint density at radius 1 is 1.23 bits per heavy atom. The number of amides is 1. The highest BCUT2D eigenvalue weighted by atomic mass is 79.9. The van der Waals surface area contributed by atoms with E-state index in [1.165, 1.54) is 12.1 Å². The van der Waals surface area contributed by atoms with Crippen LogP contribution in [-0.2, 0) is 0 Å². The van der Waals surface area contributed by atoms with E-state index in [1.807, 2.05) is 0 Å². The van der Waals surface area contributed by atoms with E-state index in [1.54, 1.807) is 30.3 Å². The Kier molecular flexibility index (Phi) is 5.95. The molecule has 0 aliphatic heterocycles. The van der Waals surface area contributed by atoms with Gasteiger partial charge in [-0.05, 0) is 48.9 Å². The molecule has 22 heavy (non-hydrogen) atoms. The van der Waals surface area contributed by atoms with Crippen LogP contribution in [0.2, 0.25) is 0 Å². The third-order valence-corrected chi connectivity index (χ3v) is 3.56. The summed E-state index contributed by atoms with van der Waals surface area (Å²) in [7, 11) is 0. The number of halogens is 2. The predicted octanol–water partition coefficient (Wildman–Crippen LogP) is 5.02. The summed E-state index contributed by atoms with van der Waals surface area (Å²) < 4.78 is 19.9. The third-order valence-electron chi connectivity index (χ3n) is 3.06. The Morgan fingerprint density at radius 3 is 2.59 bits per heavy atom. The van der Waals surface area contributed by atoms with Crippen LogP contribution in [0.5, 0.6) is 5.75 Å². The highest BCUT2D eigenvalue weighted by molar-refractivity contribution is 9.10. The first kappa shape index (κ1) is 16.5. The molecule has 2 aromatic carbocycles. The molecule has 0 atom stereocenters. The lowest BCUT2D eigenvalue weighted by Gasteiger charge is -2.08. The second kappa shape index (κ2) is 7.94. The van der Waals surface area contributed by atoms with Crippen molar-refractivity contribution < 1.29 is 13.9 Å². The van der Waals surface area contributed by atoms with Gasteiger partial charge in [0.1, 0.15) is 11.6 Å². The van der Waals surface area contributed by atoms with Gasteiger partial charge in [0.25, 0.3) is 5.91 Å². The van der Waals surface area contributed by atoms with Gasteiger partial charge in [-0.1, -0.05) is 29.3 Å². The fourth-order valence-electron chi connectivity index (χ4n) is 1.82. The molecule has 0 aromatic heterocycles. The first-order valence-electron chi connectivity index (χ1n) is 7.09. The maximum absolute atomic E-state index is 13.7. The maximum atomic E-state index is 13.7. The summed E-state index contributed by atoms with van der Waals surface area (Å²) in [4.78, 5) is 12.1. The lowest BCUT2D eigenvalue weighted by molar-refractivity contribution is 0.102. The molecule has 0 saturated heterocycles. The van der Waals surface area contributed by atoms with Gasteiger partial charge in [0.2, 0.25) is 0 Å². The third kappa shape index (κ3) is 4.56. The number of unbranched alkanes of at least 4 members (excludes halogenated alkanes) is 1. The SMILES string of the molecule is CCCCOc1ccc(C(=O)Nc2ccc(Br)cc2F)cc1. The van der Waals surface area contributed by atoms with E-state index in [-0.39, 0.29) is 11.6 Å². The van der Waals surface area contributed by atoms with Gasteiger partial charge in [-0.15, -0.1) is 0 Å². The fourth-order valence-corrected chi connectivity index (χ4v) is 2.16. The number of hydrogen-bond donors (Lipinski definition) is 1. The molecule has 116 valence electrons. The average molecular weight is 366 g/mol. The summed E-state index contributed by atoms with van der Waals surface area (Å²) >= 11 is 3.17. The number of ether oxygens (including phenoxy) is 1. The molecule has 0 saturated carbocycles. The van der Waals surface area contributed by atoms with Crippen molar-refractivity contribution in [1.82, 2.24) is 0 Å². The molecule has 5 heteroatoms. The van der Waals surface area contributed by atoms with Crippen LogP contribution in [0, 0.1) is 5.82 Å². The lowest BCUT2D eigenvalue weighted by Crippen LogP contribution is -2.12. The zero-order chi connectivity index (χ0) is 15.9. The van der Waals surface area contributed by atoms with Gasteiger partial charge in [-0.3, -0.25) is 4.79 Å². The highest BCUT2D eigenvalue weighted by Gasteiger charge is 2.09. The van der Waals surface area contributed by atoms with E-state index in [9.17, 15) is 9.18 Å². The highest BCUT2D eigenvalue weighted by Crippen LogP contribution is 2.20. The Hall–Kier alpha value is -1.88. The van der Waals surface area contributed by atoms with Crippen molar-refractivity contribution in [1.29, 1.82) is 0 Å². The Bertz CT molecular complexity index is 644. The molecule has 0 unspecified atom stereocenters. The Labute approximate surface area is 137 Å². The number of rotatable bonds is 6. The Morgan fingerprint density at radius 2 is 1.95 bits per heavy atom. The molecule has 0 spiro atoms. The number of nitrogens with one attached hydrogen (secondary N) is 1. The molecule has 2 rings (SSSR count). The lowest BCUT2D eigenvalue weighted by atomic mass is 10.2. The van der Waals surface area contributed by atoms with Crippen molar-refractivity contribution >= 4 is 27.5 Å². The van der Waals surface area contributed by atoms with Gasteiger partial charge in [-0.2, -0.15) is 0 Å². The second-order valence-electron chi connectivity index (χ2n) is 4.80. The molecule has 0 radical (unpaired) electrons. The normalized spacial score (nSPS) is 10.3. The van der Waals surface area contributed by atoms with E-state index < -0.39 is 5.82 Å². The number of carbonyl (C=O) groups is 1. The van der Waals surface area contributed by atoms with E-state index in [0.717, 1.165) is 18.6 Å². The van der Waals surface area contributed by atoms with Crippen molar-refractivity contribution in [3.8, 4) is 5.75 Å². The van der Waals surface area contributed by atoms with E-state index in [4.69, 9.17) is 4.74 Å². The van der Waals surface area contributed by atoms with E-state index >= 15 is 0 Å². The second-order valence-corrected chi connectivity index (χ2v) is 5.72. The van der Waals surface area contributed by atoms with Gasteiger partial charge < -0.3 is 10.1 Å². The Balaban J connectivity index is 2.00. The summed E-state index contributed by atoms with van der Waals surface area (Å²) in [5.41, 5.74) is 0.599. The van der Waals surface area contributed by atoms with E-state index in [2.05, 4.69) is 28.2 Å². The molecule has 0 heterocycles. The molecule has 0 aliphatic carbocycles. The van der Waals surface area contributed by atoms with Gasteiger partial charge in [-0.25, -0.2) is 4.39 Å². The summed E-state index contributed by atoms with van der Waals surface area (Å²) in [5, 5.41) is 2.55. The van der Waals surface area contributed by atoms with E-state index in [0.29, 0.717) is 16.6 Å². The van der Waals surface area contributed by atoms with Gasteiger partial charge in [0.05, 0.1) is 12.3 Å². The first-order valence-corrected chi connectivity index (χ1v) is 7.88. The van der Waals surface area contributed by atoms with Crippen molar-refractivity contribution in [3.05, 3.63) is 58.3 Å². The van der Waals surface area contributed by atoms with Crippen molar-refractivity contribution in [3.63, 3.8) is 0 Å². The van der Waals surface area contributed by atoms with Crippen molar-refractivity contribution in [2.75, 3.05) is 11.9 Å². The minimum atomic E-state index is -0.484. The van der Waals surface area contributed by atoms with Crippen molar-refractivity contribution in [2.45, 2.75) is 19.8 Å². The molecule has 0 bridgehead atoms. The van der Waals surface area contributed by atoms with Crippen LogP contribution in [0.25, 0.3) is 0 Å². The van der Waals surface area contributed by atoms with Crippen LogP contribution in [0.15, 0.2) is 46.9 Å². The monoisotopic (exact) mass is 365 g/mol. The fraction of sp³-hybridized carbons (Fsp3) is 0.235. The van der Waals surface area contributed by atoms with Crippen LogP contribution < -0.4 is 10.1 Å². The predicted molar refractivity (Wildman–Crippen MR) is 88.9 cm³/mol. The van der Waals surface area contributed by atoms with Crippen LogP contribution >= 0.6 is 15.9 Å². The van der Waals surface area contributed by atoms with Crippen LogP contribution in [0.4, 0.5) is 10.1 Å². The summed E-state index contributed by atoms with van der Waals surface area (Å²) in [6.07, 6.45) is 2.06. The molecular formula is C17H17BrFNO2. The standard InChI is InChI=1S/C17H17BrFNO2/c1-2-3-10-22-14-7-4-12(5-8-14)17(21)20-16-9-6-13(18)11-15(16)19/h4-9,11H,2-3,10H2,1H3,(H,20,21). The molecule has 0 aliphatic rings.